The molecule has 1 aromatic carbocycles. The molecule has 0 bridgehead atoms. The van der Waals surface area contributed by atoms with Crippen LogP contribution in [0.5, 0.6) is 0 Å². The maximum atomic E-state index is 15.1. The second-order valence-corrected chi connectivity index (χ2v) is 15.7. The number of rotatable bonds is 7. The third-order valence-electron chi connectivity index (χ3n) is 11.6. The average Bonchev–Trinajstić information content (AvgIpc) is 3.40. The summed E-state index contributed by atoms with van der Waals surface area (Å²) < 4.78 is 44.9. The van der Waals surface area contributed by atoms with E-state index in [9.17, 15) is 23.9 Å². The van der Waals surface area contributed by atoms with Crippen molar-refractivity contribution in [2.24, 2.45) is 23.2 Å². The number of amides is 1. The Morgan fingerprint density at radius 2 is 1.65 bits per heavy atom. The number of hydrogen-bond acceptors (Lipinski definition) is 11. The summed E-state index contributed by atoms with van der Waals surface area (Å²) in [5, 5.41) is 14.3. The predicted molar refractivity (Wildman–Crippen MR) is 185 cm³/mol. The lowest BCUT2D eigenvalue weighted by atomic mass is 9.69. The Morgan fingerprint density at radius 1 is 1.02 bits per heavy atom. The highest BCUT2D eigenvalue weighted by atomic mass is 19.1. The molecule has 2 N–H and O–H groups in total. The number of nitrogens with zero attached hydrogens (tertiary/aromatic N) is 1. The summed E-state index contributed by atoms with van der Waals surface area (Å²) in [5.74, 6) is -4.64. The van der Waals surface area contributed by atoms with Gasteiger partial charge in [-0.3, -0.25) is 14.4 Å². The van der Waals surface area contributed by atoms with E-state index in [4.69, 9.17) is 23.7 Å². The van der Waals surface area contributed by atoms with E-state index < -0.39 is 88.7 Å². The standard InChI is InChI=1S/C38H57FN2O10/c1-12-27-38(8)30(40-35(46)51-38)22(4)28(42)20(2)18-37(7,47-11)32(50-33-29(43)26(41(9)10)17-21(3)48-33)23(5)31(44)36(6,34(45)49-27)19-24-13-15-25(39)16-14-24/h13-16,20-23,26-27,29-30,32-33,43H,12,17-19H2,1-11H3,(H,40,46)/t20-,21-,22-,23+,26+,27+,29-,30?,32-,33?,36?,37+,38?/m1/s1. The van der Waals surface area contributed by atoms with E-state index in [0.29, 0.717) is 12.0 Å². The number of ether oxygens (including phenoxy) is 5. The van der Waals surface area contributed by atoms with E-state index in [1.165, 1.54) is 38.3 Å². The zero-order valence-corrected chi connectivity index (χ0v) is 31.9. The van der Waals surface area contributed by atoms with Crippen molar-refractivity contribution in [3.8, 4) is 0 Å². The zero-order chi connectivity index (χ0) is 38.2. The summed E-state index contributed by atoms with van der Waals surface area (Å²) in [4.78, 5) is 58.5. The molecule has 13 atom stereocenters. The summed E-state index contributed by atoms with van der Waals surface area (Å²) in [6.07, 6.45) is -4.82. The van der Waals surface area contributed by atoms with Gasteiger partial charge in [0.15, 0.2) is 17.7 Å². The molecule has 3 heterocycles. The lowest BCUT2D eigenvalue weighted by Gasteiger charge is -2.47. The first kappa shape index (κ1) is 40.8. The van der Waals surface area contributed by atoms with Crippen molar-refractivity contribution in [1.29, 1.82) is 0 Å². The fourth-order valence-corrected chi connectivity index (χ4v) is 8.45. The van der Waals surface area contributed by atoms with Gasteiger partial charge in [-0.1, -0.05) is 39.8 Å². The normalized spacial score (nSPS) is 41.4. The second-order valence-electron chi connectivity index (χ2n) is 15.7. The van der Waals surface area contributed by atoms with E-state index in [-0.39, 0.29) is 37.2 Å². The molecule has 0 aliphatic carbocycles. The number of fused-ring (bicyclic) bond motifs is 1. The molecule has 51 heavy (non-hydrogen) atoms. The minimum atomic E-state index is -1.86. The molecule has 0 aromatic heterocycles. The first-order valence-corrected chi connectivity index (χ1v) is 18.0. The number of aliphatic hydroxyl groups is 1. The number of Topliss-reactive ketones (excluding diaryl/α,β-unsaturated/α-hetero) is 2. The zero-order valence-electron chi connectivity index (χ0n) is 31.9. The van der Waals surface area contributed by atoms with Crippen molar-refractivity contribution in [3.05, 3.63) is 35.6 Å². The van der Waals surface area contributed by atoms with Gasteiger partial charge in [0.25, 0.3) is 0 Å². The number of ketones is 2. The smallest absolute Gasteiger partial charge is 0.408 e. The van der Waals surface area contributed by atoms with Crippen molar-refractivity contribution in [2.45, 2.75) is 135 Å². The number of carbonyl (C=O) groups is 4. The third kappa shape index (κ3) is 8.02. The van der Waals surface area contributed by atoms with E-state index in [2.05, 4.69) is 5.32 Å². The molecule has 0 radical (unpaired) electrons. The van der Waals surface area contributed by atoms with Gasteiger partial charge in [-0.25, -0.2) is 9.18 Å². The van der Waals surface area contributed by atoms with Gasteiger partial charge in [-0.15, -0.1) is 0 Å². The van der Waals surface area contributed by atoms with Crippen LogP contribution in [0, 0.1) is 29.0 Å². The Kier molecular flexibility index (Phi) is 12.4. The molecule has 0 saturated carbocycles. The molecule has 4 rings (SSSR count). The number of aliphatic hydroxyl groups excluding tert-OH is 1. The molecule has 3 fully saturated rings. The minimum Gasteiger partial charge on any atom is -0.457 e. The topological polar surface area (TPSA) is 150 Å². The fraction of sp³-hybridized carbons (Fsp3) is 0.737. The van der Waals surface area contributed by atoms with Gasteiger partial charge < -0.3 is 39.0 Å². The highest BCUT2D eigenvalue weighted by molar-refractivity contribution is 6.05. The molecule has 4 unspecified atom stereocenters. The second kappa shape index (κ2) is 15.6. The summed E-state index contributed by atoms with van der Waals surface area (Å²) in [5.41, 5.74) is -4.13. The van der Waals surface area contributed by atoms with Gasteiger partial charge in [0.05, 0.1) is 23.9 Å². The van der Waals surface area contributed by atoms with E-state index in [0.717, 1.165) is 0 Å². The summed E-state index contributed by atoms with van der Waals surface area (Å²) in [6.45, 7) is 13.6. The van der Waals surface area contributed by atoms with Gasteiger partial charge in [0.1, 0.15) is 29.2 Å². The largest absolute Gasteiger partial charge is 0.457 e. The fourth-order valence-electron chi connectivity index (χ4n) is 8.45. The van der Waals surface area contributed by atoms with Crippen LogP contribution in [0.3, 0.4) is 0 Å². The molecule has 3 aliphatic rings. The number of esters is 1. The number of hydrogen-bond donors (Lipinski definition) is 2. The van der Waals surface area contributed by atoms with Crippen LogP contribution in [0.25, 0.3) is 0 Å². The Hall–Kier alpha value is -2.97. The Labute approximate surface area is 301 Å². The quantitative estimate of drug-likeness (QED) is 0.308. The number of cyclic esters (lactones) is 1. The average molecular weight is 721 g/mol. The molecule has 1 amide bonds. The SMILES string of the molecule is CC[C@@H]1OC(=O)C(C)(Cc2ccc(F)cc2)C(=O)[C@H](C)[C@@H](OC2O[C@H](C)C[C@H](N(C)C)[C@H]2O)[C@@](C)(OC)C[C@@H](C)C(=O)[C@@H](C)C2NC(=O)OC21C. The van der Waals surface area contributed by atoms with Crippen LogP contribution >= 0.6 is 0 Å². The van der Waals surface area contributed by atoms with Crippen molar-refractivity contribution in [2.75, 3.05) is 21.2 Å². The molecular formula is C38H57FN2O10. The molecule has 3 aliphatic heterocycles. The van der Waals surface area contributed by atoms with Crippen LogP contribution in [0.15, 0.2) is 24.3 Å². The first-order valence-electron chi connectivity index (χ1n) is 18.0. The highest BCUT2D eigenvalue weighted by Crippen LogP contribution is 2.42. The monoisotopic (exact) mass is 720 g/mol. The van der Waals surface area contributed by atoms with E-state index in [1.807, 2.05) is 25.9 Å². The number of carbonyl (C=O) groups excluding carboxylic acids is 4. The summed E-state index contributed by atoms with van der Waals surface area (Å²) in [7, 11) is 5.16. The first-order chi connectivity index (χ1) is 23.7. The van der Waals surface area contributed by atoms with Crippen molar-refractivity contribution < 1.29 is 52.4 Å². The molecule has 12 nitrogen and oxygen atoms in total. The molecule has 3 saturated heterocycles. The van der Waals surface area contributed by atoms with Gasteiger partial charge >= 0.3 is 12.1 Å². The van der Waals surface area contributed by atoms with Gasteiger partial charge in [-0.2, -0.15) is 0 Å². The van der Waals surface area contributed by atoms with Gasteiger partial charge in [-0.05, 0) is 85.2 Å². The van der Waals surface area contributed by atoms with Crippen LogP contribution < -0.4 is 5.32 Å². The molecule has 0 spiro atoms. The van der Waals surface area contributed by atoms with E-state index in [1.54, 1.807) is 41.5 Å². The van der Waals surface area contributed by atoms with Crippen LogP contribution in [0.1, 0.15) is 80.2 Å². The van der Waals surface area contributed by atoms with E-state index >= 15 is 4.79 Å². The van der Waals surface area contributed by atoms with Crippen molar-refractivity contribution in [1.82, 2.24) is 10.2 Å². The van der Waals surface area contributed by atoms with Gasteiger partial charge in [0, 0.05) is 30.9 Å². The molecule has 1 aromatic rings. The Morgan fingerprint density at radius 3 is 2.22 bits per heavy atom. The minimum absolute atomic E-state index is 0.0823. The maximum Gasteiger partial charge on any atom is 0.408 e. The van der Waals surface area contributed by atoms with Crippen LogP contribution in [0.4, 0.5) is 9.18 Å². The number of alkyl carbamates (subject to hydrolysis) is 1. The van der Waals surface area contributed by atoms with Crippen LogP contribution in [-0.4, -0.2) is 109 Å². The van der Waals surface area contributed by atoms with Gasteiger partial charge in [0.2, 0.25) is 0 Å². The molecule has 286 valence electrons. The number of nitrogens with one attached hydrogen (secondary N) is 1. The number of likely N-dealkylation sites (N-methyl/N-ethyl adjacent to an activating group) is 1. The molecular weight excluding hydrogens is 663 g/mol. The highest BCUT2D eigenvalue weighted by Gasteiger charge is 2.59. The third-order valence-corrected chi connectivity index (χ3v) is 11.6. The summed E-state index contributed by atoms with van der Waals surface area (Å²) >= 11 is 0. The Bertz CT molecular complexity index is 1440. The molecule has 13 heteroatoms. The van der Waals surface area contributed by atoms with Crippen LogP contribution in [0.2, 0.25) is 0 Å². The number of benzene rings is 1. The maximum absolute atomic E-state index is 15.1. The predicted octanol–water partition coefficient (Wildman–Crippen LogP) is 4.23. The Balaban J connectivity index is 1.90. The lowest BCUT2D eigenvalue weighted by molar-refractivity contribution is -0.295. The van der Waals surface area contributed by atoms with Crippen molar-refractivity contribution >= 4 is 23.6 Å². The van der Waals surface area contributed by atoms with Crippen LogP contribution in [-0.2, 0) is 44.5 Å². The number of methoxy groups -OCH3 is 1. The van der Waals surface area contributed by atoms with Crippen molar-refractivity contribution in [3.63, 3.8) is 0 Å². The lowest BCUT2D eigenvalue weighted by Crippen LogP contribution is -2.61. The number of halogens is 1. The summed E-state index contributed by atoms with van der Waals surface area (Å²) in [6, 6.07) is 4.33.